The molecule has 1 saturated heterocycles. The highest BCUT2D eigenvalue weighted by Crippen LogP contribution is 2.19. The molecule has 24 heavy (non-hydrogen) atoms. The maximum Gasteiger partial charge on any atom is 0.325 e. The quantitative estimate of drug-likeness (QED) is 0.870. The molecule has 1 aromatic heterocycles. The Kier molecular flexibility index (Phi) is 5.32. The summed E-state index contributed by atoms with van der Waals surface area (Å²) in [5.74, 6) is 0.0905. The highest BCUT2D eigenvalue weighted by Gasteiger charge is 2.19. The second-order valence-electron chi connectivity index (χ2n) is 5.50. The third-order valence-corrected chi connectivity index (χ3v) is 4.69. The lowest BCUT2D eigenvalue weighted by atomic mass is 10.3. The molecule has 126 valence electrons. The van der Waals surface area contributed by atoms with Gasteiger partial charge in [0.05, 0.1) is 12.1 Å². The van der Waals surface area contributed by atoms with Crippen molar-refractivity contribution in [1.82, 2.24) is 9.88 Å². The van der Waals surface area contributed by atoms with Gasteiger partial charge in [0.15, 0.2) is 5.13 Å². The van der Waals surface area contributed by atoms with E-state index in [0.717, 1.165) is 25.9 Å². The summed E-state index contributed by atoms with van der Waals surface area (Å²) in [7, 11) is 0. The van der Waals surface area contributed by atoms with E-state index in [9.17, 15) is 9.59 Å². The van der Waals surface area contributed by atoms with Crippen LogP contribution in [0.4, 0.5) is 15.6 Å². The third-order valence-electron chi connectivity index (χ3n) is 3.65. The van der Waals surface area contributed by atoms with Crippen molar-refractivity contribution in [3.05, 3.63) is 40.4 Å². The van der Waals surface area contributed by atoms with Gasteiger partial charge in [-0.1, -0.05) is 17.7 Å². The van der Waals surface area contributed by atoms with Crippen LogP contribution in [0.1, 0.15) is 18.5 Å². The summed E-state index contributed by atoms with van der Waals surface area (Å²) >= 11 is 7.17. The number of hydrogen-bond donors (Lipinski definition) is 2. The normalized spacial score (nSPS) is 13.8. The van der Waals surface area contributed by atoms with Crippen molar-refractivity contribution in [2.24, 2.45) is 0 Å². The molecule has 0 spiro atoms. The van der Waals surface area contributed by atoms with E-state index in [-0.39, 0.29) is 12.3 Å². The van der Waals surface area contributed by atoms with Crippen LogP contribution in [-0.2, 0) is 11.2 Å². The van der Waals surface area contributed by atoms with Gasteiger partial charge in [0.1, 0.15) is 0 Å². The van der Waals surface area contributed by atoms with Gasteiger partial charge in [-0.15, -0.1) is 11.3 Å². The Hall–Kier alpha value is -2.12. The second kappa shape index (κ2) is 7.63. The highest BCUT2D eigenvalue weighted by molar-refractivity contribution is 7.14. The van der Waals surface area contributed by atoms with Crippen molar-refractivity contribution in [1.29, 1.82) is 0 Å². The van der Waals surface area contributed by atoms with E-state index < -0.39 is 6.03 Å². The lowest BCUT2D eigenvalue weighted by Crippen LogP contribution is -2.29. The zero-order valence-corrected chi connectivity index (χ0v) is 14.5. The molecule has 3 rings (SSSR count). The SMILES string of the molecule is O=C(Nc1cccc(Cl)c1)Nc1nc(CC(=O)N2CCCC2)cs1. The highest BCUT2D eigenvalue weighted by atomic mass is 35.5. The molecule has 1 aromatic carbocycles. The average molecular weight is 365 g/mol. The van der Waals surface area contributed by atoms with Crippen LogP contribution in [0.5, 0.6) is 0 Å². The van der Waals surface area contributed by atoms with E-state index in [4.69, 9.17) is 11.6 Å². The molecule has 2 N–H and O–H groups in total. The molecule has 0 radical (unpaired) electrons. The molecular weight excluding hydrogens is 348 g/mol. The number of carbonyl (C=O) groups excluding carboxylic acids is 2. The first-order valence-corrected chi connectivity index (χ1v) is 8.92. The predicted octanol–water partition coefficient (Wildman–Crippen LogP) is 3.61. The Labute approximate surface area is 148 Å². The maximum atomic E-state index is 12.1. The molecule has 8 heteroatoms. The van der Waals surface area contributed by atoms with Crippen molar-refractivity contribution in [2.45, 2.75) is 19.3 Å². The van der Waals surface area contributed by atoms with Gasteiger partial charge in [-0.3, -0.25) is 10.1 Å². The number of amides is 3. The van der Waals surface area contributed by atoms with Crippen LogP contribution in [-0.4, -0.2) is 34.9 Å². The third kappa shape index (κ3) is 4.46. The summed E-state index contributed by atoms with van der Waals surface area (Å²) in [6.07, 6.45) is 2.41. The number of halogens is 1. The number of rotatable bonds is 4. The minimum absolute atomic E-state index is 0.0905. The Morgan fingerprint density at radius 3 is 2.79 bits per heavy atom. The first-order valence-electron chi connectivity index (χ1n) is 7.66. The topological polar surface area (TPSA) is 74.3 Å². The lowest BCUT2D eigenvalue weighted by molar-refractivity contribution is -0.129. The number of thiazole rings is 1. The predicted molar refractivity (Wildman–Crippen MR) is 95.7 cm³/mol. The van der Waals surface area contributed by atoms with E-state index in [1.54, 1.807) is 29.6 Å². The fraction of sp³-hybridized carbons (Fsp3) is 0.312. The fourth-order valence-electron chi connectivity index (χ4n) is 2.50. The van der Waals surface area contributed by atoms with Crippen LogP contribution >= 0.6 is 22.9 Å². The molecule has 0 atom stereocenters. The van der Waals surface area contributed by atoms with E-state index in [1.807, 2.05) is 4.90 Å². The number of nitrogens with zero attached hydrogens (tertiary/aromatic N) is 2. The van der Waals surface area contributed by atoms with Gasteiger partial charge in [0.25, 0.3) is 0 Å². The molecule has 0 aliphatic carbocycles. The molecule has 1 aliphatic heterocycles. The summed E-state index contributed by atoms with van der Waals surface area (Å²) in [4.78, 5) is 30.2. The van der Waals surface area contributed by atoms with E-state index in [0.29, 0.717) is 21.5 Å². The van der Waals surface area contributed by atoms with Crippen LogP contribution in [0, 0.1) is 0 Å². The first-order chi connectivity index (χ1) is 11.6. The smallest absolute Gasteiger partial charge is 0.325 e. The van der Waals surface area contributed by atoms with Gasteiger partial charge in [0.2, 0.25) is 5.91 Å². The summed E-state index contributed by atoms with van der Waals surface area (Å²) in [5.41, 5.74) is 1.27. The largest absolute Gasteiger partial charge is 0.342 e. The number of hydrogen-bond acceptors (Lipinski definition) is 4. The summed E-state index contributed by atoms with van der Waals surface area (Å²) in [6, 6.07) is 6.49. The van der Waals surface area contributed by atoms with Crippen LogP contribution in [0.2, 0.25) is 5.02 Å². The van der Waals surface area contributed by atoms with Crippen molar-refractivity contribution in [3.63, 3.8) is 0 Å². The second-order valence-corrected chi connectivity index (χ2v) is 6.79. The number of carbonyl (C=O) groups is 2. The van der Waals surface area contributed by atoms with E-state index >= 15 is 0 Å². The number of nitrogens with one attached hydrogen (secondary N) is 2. The van der Waals surface area contributed by atoms with Crippen LogP contribution in [0.25, 0.3) is 0 Å². The van der Waals surface area contributed by atoms with Gasteiger partial charge in [-0.25, -0.2) is 9.78 Å². The molecule has 0 bridgehead atoms. The van der Waals surface area contributed by atoms with E-state index in [1.165, 1.54) is 11.3 Å². The zero-order chi connectivity index (χ0) is 16.9. The summed E-state index contributed by atoms with van der Waals surface area (Å²) < 4.78 is 0. The molecule has 2 aromatic rings. The molecule has 1 fully saturated rings. The molecule has 0 saturated carbocycles. The summed E-state index contributed by atoms with van der Waals surface area (Å²) in [5, 5.41) is 8.14. The minimum Gasteiger partial charge on any atom is -0.342 e. The maximum absolute atomic E-state index is 12.1. The van der Waals surface area contributed by atoms with Crippen molar-refractivity contribution < 1.29 is 9.59 Å². The van der Waals surface area contributed by atoms with Crippen molar-refractivity contribution in [2.75, 3.05) is 23.7 Å². The summed E-state index contributed by atoms with van der Waals surface area (Å²) in [6.45, 7) is 1.66. The molecule has 0 unspecified atom stereocenters. The van der Waals surface area contributed by atoms with Crippen LogP contribution in [0.15, 0.2) is 29.6 Å². The molecule has 6 nitrogen and oxygen atoms in total. The van der Waals surface area contributed by atoms with Crippen LogP contribution < -0.4 is 10.6 Å². The minimum atomic E-state index is -0.399. The number of urea groups is 1. The number of likely N-dealkylation sites (tertiary alicyclic amines) is 1. The van der Waals surface area contributed by atoms with Gasteiger partial charge < -0.3 is 10.2 Å². The first kappa shape index (κ1) is 16.7. The van der Waals surface area contributed by atoms with Crippen molar-refractivity contribution >= 4 is 45.7 Å². The Morgan fingerprint density at radius 1 is 1.25 bits per heavy atom. The van der Waals surface area contributed by atoms with Gasteiger partial charge in [-0.2, -0.15) is 0 Å². The van der Waals surface area contributed by atoms with Crippen LogP contribution in [0.3, 0.4) is 0 Å². The zero-order valence-electron chi connectivity index (χ0n) is 12.9. The monoisotopic (exact) mass is 364 g/mol. The average Bonchev–Trinajstić information content (AvgIpc) is 3.19. The number of anilines is 2. The standard InChI is InChI=1S/C16H17ClN4O2S/c17-11-4-3-5-12(8-11)18-15(23)20-16-19-13(10-24-16)9-14(22)21-6-1-2-7-21/h3-5,8,10H,1-2,6-7,9H2,(H2,18,19,20,23). The van der Waals surface area contributed by atoms with Gasteiger partial charge in [0, 0.05) is 29.2 Å². The molecule has 2 heterocycles. The lowest BCUT2D eigenvalue weighted by Gasteiger charge is -2.13. The number of aromatic nitrogens is 1. The number of benzene rings is 1. The van der Waals surface area contributed by atoms with Gasteiger partial charge in [-0.05, 0) is 31.0 Å². The van der Waals surface area contributed by atoms with E-state index in [2.05, 4.69) is 15.6 Å². The Bertz CT molecular complexity index is 743. The Morgan fingerprint density at radius 2 is 2.04 bits per heavy atom. The Balaban J connectivity index is 1.53. The molecule has 1 aliphatic rings. The van der Waals surface area contributed by atoms with Crippen molar-refractivity contribution in [3.8, 4) is 0 Å². The molecular formula is C16H17ClN4O2S. The van der Waals surface area contributed by atoms with Gasteiger partial charge >= 0.3 is 6.03 Å². The fourth-order valence-corrected chi connectivity index (χ4v) is 3.40. The molecule has 3 amide bonds.